The van der Waals surface area contributed by atoms with Crippen LogP contribution in [-0.2, 0) is 9.47 Å². The van der Waals surface area contributed by atoms with Crippen molar-refractivity contribution in [3.8, 4) is 0 Å². The van der Waals surface area contributed by atoms with Crippen molar-refractivity contribution in [2.24, 2.45) is 0 Å². The van der Waals surface area contributed by atoms with Crippen LogP contribution in [0.15, 0.2) is 0 Å². The molecule has 1 fully saturated rings. The molecule has 5 heteroatoms. The molecule has 88 valence electrons. The fourth-order valence-electron chi connectivity index (χ4n) is 1.42. The van der Waals surface area contributed by atoms with Gasteiger partial charge >= 0.3 is 6.09 Å². The van der Waals surface area contributed by atoms with Crippen LogP contribution in [0.5, 0.6) is 0 Å². The first-order valence-corrected chi connectivity index (χ1v) is 5.37. The number of morpholine rings is 1. The van der Waals surface area contributed by atoms with Crippen LogP contribution in [0.3, 0.4) is 0 Å². The first-order valence-electron chi connectivity index (χ1n) is 5.37. The molecule has 15 heavy (non-hydrogen) atoms. The predicted molar refractivity (Wildman–Crippen MR) is 56.8 cm³/mol. The molecule has 0 aromatic heterocycles. The number of ether oxygens (including phenoxy) is 2. The second kappa shape index (κ2) is 5.92. The van der Waals surface area contributed by atoms with Crippen LogP contribution in [-0.4, -0.2) is 44.0 Å². The summed E-state index contributed by atoms with van der Waals surface area (Å²) in [6, 6.07) is 0.0989. The predicted octanol–water partition coefficient (Wildman–Crippen LogP) is 0.498. The highest BCUT2D eigenvalue weighted by molar-refractivity contribution is 5.67. The maximum absolute atomic E-state index is 11.2. The number of carbonyl (C=O) groups excluding carboxylic acids is 1. The van der Waals surface area contributed by atoms with Crippen molar-refractivity contribution in [3.05, 3.63) is 0 Å². The van der Waals surface area contributed by atoms with Gasteiger partial charge in [-0.25, -0.2) is 4.79 Å². The summed E-state index contributed by atoms with van der Waals surface area (Å²) in [5.74, 6) is 0. The Kier molecular flexibility index (Phi) is 4.84. The maximum Gasteiger partial charge on any atom is 0.407 e. The molecular weight excluding hydrogens is 196 g/mol. The molecule has 1 rings (SSSR count). The lowest BCUT2D eigenvalue weighted by Crippen LogP contribution is -2.46. The lowest BCUT2D eigenvalue weighted by Gasteiger charge is -2.28. The summed E-state index contributed by atoms with van der Waals surface area (Å²) in [6.45, 7) is 7.67. The van der Waals surface area contributed by atoms with E-state index in [4.69, 9.17) is 9.47 Å². The van der Waals surface area contributed by atoms with Gasteiger partial charge in [-0.15, -0.1) is 0 Å². The average molecular weight is 216 g/mol. The highest BCUT2D eigenvalue weighted by atomic mass is 16.6. The zero-order chi connectivity index (χ0) is 11.3. The van der Waals surface area contributed by atoms with Crippen molar-refractivity contribution in [2.75, 3.05) is 19.7 Å². The normalized spacial score (nSPS) is 26.4. The van der Waals surface area contributed by atoms with E-state index in [0.717, 1.165) is 13.1 Å². The number of amides is 1. The van der Waals surface area contributed by atoms with E-state index in [2.05, 4.69) is 10.6 Å². The van der Waals surface area contributed by atoms with E-state index in [-0.39, 0.29) is 24.3 Å². The Balaban J connectivity index is 2.16. The Morgan fingerprint density at radius 1 is 1.60 bits per heavy atom. The lowest BCUT2D eigenvalue weighted by molar-refractivity contribution is -0.0548. The number of carbonyl (C=O) groups is 1. The summed E-state index contributed by atoms with van der Waals surface area (Å²) in [4.78, 5) is 11.2. The van der Waals surface area contributed by atoms with Crippen LogP contribution in [0.4, 0.5) is 4.79 Å². The van der Waals surface area contributed by atoms with Crippen molar-refractivity contribution < 1.29 is 14.3 Å². The minimum atomic E-state index is -0.383. The molecule has 1 aliphatic heterocycles. The van der Waals surface area contributed by atoms with Crippen LogP contribution in [0.25, 0.3) is 0 Å². The van der Waals surface area contributed by atoms with Gasteiger partial charge in [-0.3, -0.25) is 0 Å². The van der Waals surface area contributed by atoms with E-state index in [9.17, 15) is 4.79 Å². The van der Waals surface area contributed by atoms with Gasteiger partial charge in [0.2, 0.25) is 0 Å². The second-order valence-electron chi connectivity index (χ2n) is 4.12. The van der Waals surface area contributed by atoms with E-state index >= 15 is 0 Å². The zero-order valence-corrected chi connectivity index (χ0v) is 9.58. The molecule has 1 saturated heterocycles. The molecule has 2 N–H and O–H groups in total. The van der Waals surface area contributed by atoms with E-state index in [1.54, 1.807) is 0 Å². The van der Waals surface area contributed by atoms with Crippen LogP contribution in [0, 0.1) is 0 Å². The highest BCUT2D eigenvalue weighted by Gasteiger charge is 2.20. The van der Waals surface area contributed by atoms with Crippen molar-refractivity contribution in [2.45, 2.75) is 39.0 Å². The number of hydrogen-bond donors (Lipinski definition) is 2. The monoisotopic (exact) mass is 216 g/mol. The molecule has 0 saturated carbocycles. The Morgan fingerprint density at radius 3 is 2.93 bits per heavy atom. The van der Waals surface area contributed by atoms with Crippen LogP contribution in [0.1, 0.15) is 20.8 Å². The van der Waals surface area contributed by atoms with Gasteiger partial charge in [0.25, 0.3) is 0 Å². The summed E-state index contributed by atoms with van der Waals surface area (Å²) in [5, 5.41) is 5.87. The Hall–Kier alpha value is -0.810. The van der Waals surface area contributed by atoms with E-state index in [0.29, 0.717) is 6.61 Å². The third kappa shape index (κ3) is 4.99. The fourth-order valence-corrected chi connectivity index (χ4v) is 1.42. The molecule has 0 bridgehead atoms. The molecule has 2 unspecified atom stereocenters. The third-order valence-corrected chi connectivity index (χ3v) is 2.04. The Bertz CT molecular complexity index is 209. The maximum atomic E-state index is 11.2. The van der Waals surface area contributed by atoms with E-state index in [1.807, 2.05) is 20.8 Å². The number of nitrogens with one attached hydrogen (secondary N) is 2. The van der Waals surface area contributed by atoms with Crippen LogP contribution < -0.4 is 10.6 Å². The van der Waals surface area contributed by atoms with Gasteiger partial charge in [0.15, 0.2) is 0 Å². The summed E-state index contributed by atoms with van der Waals surface area (Å²) < 4.78 is 10.6. The Labute approximate surface area is 90.5 Å². The molecule has 0 aromatic carbocycles. The molecule has 1 aliphatic rings. The summed E-state index contributed by atoms with van der Waals surface area (Å²) in [5.41, 5.74) is 0. The molecular formula is C10H20N2O3. The van der Waals surface area contributed by atoms with Crippen molar-refractivity contribution >= 4 is 6.09 Å². The Morgan fingerprint density at radius 2 is 2.33 bits per heavy atom. The molecule has 0 spiro atoms. The largest absolute Gasteiger partial charge is 0.447 e. The molecule has 0 aliphatic carbocycles. The van der Waals surface area contributed by atoms with E-state index in [1.165, 1.54) is 0 Å². The van der Waals surface area contributed by atoms with E-state index < -0.39 is 0 Å². The zero-order valence-electron chi connectivity index (χ0n) is 9.58. The summed E-state index contributed by atoms with van der Waals surface area (Å²) in [7, 11) is 0. The third-order valence-electron chi connectivity index (χ3n) is 2.04. The van der Waals surface area contributed by atoms with Gasteiger partial charge in [0.05, 0.1) is 6.10 Å². The minimum absolute atomic E-state index is 0.0355. The highest BCUT2D eigenvalue weighted by Crippen LogP contribution is 2.03. The number of alkyl carbamates (subject to hydrolysis) is 1. The molecule has 2 atom stereocenters. The second-order valence-corrected chi connectivity index (χ2v) is 4.12. The molecule has 1 heterocycles. The van der Waals surface area contributed by atoms with Gasteiger partial charge in [-0.1, -0.05) is 0 Å². The minimum Gasteiger partial charge on any atom is -0.447 e. The van der Waals surface area contributed by atoms with Gasteiger partial charge in [0.1, 0.15) is 12.7 Å². The molecule has 0 aromatic rings. The quantitative estimate of drug-likeness (QED) is 0.721. The number of hydrogen-bond acceptors (Lipinski definition) is 4. The molecule has 5 nitrogen and oxygen atoms in total. The molecule has 1 amide bonds. The first kappa shape index (κ1) is 12.3. The molecule has 0 radical (unpaired) electrons. The number of rotatable bonds is 3. The van der Waals surface area contributed by atoms with Crippen molar-refractivity contribution in [1.82, 2.24) is 10.6 Å². The van der Waals surface area contributed by atoms with Crippen LogP contribution in [0.2, 0.25) is 0 Å². The van der Waals surface area contributed by atoms with Gasteiger partial charge in [-0.05, 0) is 20.8 Å². The SMILES string of the molecule is CC(C)NC(=O)OCC1CNCC(C)O1. The van der Waals surface area contributed by atoms with Gasteiger partial charge in [0, 0.05) is 19.1 Å². The summed E-state index contributed by atoms with van der Waals surface area (Å²) in [6.07, 6.45) is -0.237. The van der Waals surface area contributed by atoms with Crippen LogP contribution >= 0.6 is 0 Å². The lowest BCUT2D eigenvalue weighted by atomic mass is 10.2. The first-order chi connectivity index (χ1) is 7.08. The van der Waals surface area contributed by atoms with Gasteiger partial charge in [-0.2, -0.15) is 0 Å². The fraction of sp³-hybridized carbons (Fsp3) is 0.900. The smallest absolute Gasteiger partial charge is 0.407 e. The van der Waals surface area contributed by atoms with Crippen molar-refractivity contribution in [1.29, 1.82) is 0 Å². The van der Waals surface area contributed by atoms with Gasteiger partial charge < -0.3 is 20.1 Å². The topological polar surface area (TPSA) is 59.6 Å². The summed E-state index contributed by atoms with van der Waals surface area (Å²) >= 11 is 0. The average Bonchev–Trinajstić information content (AvgIpc) is 2.14. The standard InChI is InChI=1S/C10H20N2O3/c1-7(2)12-10(13)14-6-9-5-11-4-8(3)15-9/h7-9,11H,4-6H2,1-3H3,(H,12,13). The van der Waals surface area contributed by atoms with Crippen molar-refractivity contribution in [3.63, 3.8) is 0 Å².